The number of sulfonamides is 1. The number of primary sulfonamides is 1. The van der Waals surface area contributed by atoms with E-state index in [4.69, 9.17) is 16.7 Å². The molecule has 0 unspecified atom stereocenters. The lowest BCUT2D eigenvalue weighted by molar-refractivity contribution is -0.385. The summed E-state index contributed by atoms with van der Waals surface area (Å²) in [6.45, 7) is 1.39. The summed E-state index contributed by atoms with van der Waals surface area (Å²) in [5.74, 6) is 0. The van der Waals surface area contributed by atoms with Crippen LogP contribution in [0.4, 0.5) is 5.69 Å². The Morgan fingerprint density at radius 3 is 2.33 bits per heavy atom. The molecule has 0 radical (unpaired) electrons. The molecule has 0 amide bonds. The molecule has 0 saturated heterocycles. The average Bonchev–Trinajstić information content (AvgIpc) is 1.99. The molecular weight excluding hydrogens is 244 g/mol. The van der Waals surface area contributed by atoms with E-state index in [9.17, 15) is 18.5 Å². The lowest BCUT2D eigenvalue weighted by Crippen LogP contribution is -2.12. The minimum Gasteiger partial charge on any atom is -0.258 e. The second-order valence-corrected chi connectivity index (χ2v) is 4.84. The highest BCUT2D eigenvalue weighted by atomic mass is 35.5. The first-order valence-electron chi connectivity index (χ1n) is 3.71. The quantitative estimate of drug-likeness (QED) is 0.629. The molecule has 1 aromatic rings. The van der Waals surface area contributed by atoms with Gasteiger partial charge in [0, 0.05) is 5.56 Å². The number of benzene rings is 1. The number of nitrogens with two attached hydrogens (primary N) is 1. The van der Waals surface area contributed by atoms with Gasteiger partial charge >= 0.3 is 0 Å². The molecule has 0 heterocycles. The molecular formula is C7H7ClN2O4S. The molecule has 2 N–H and O–H groups in total. The van der Waals surface area contributed by atoms with Gasteiger partial charge < -0.3 is 0 Å². The molecule has 0 aliphatic rings. The monoisotopic (exact) mass is 250 g/mol. The Morgan fingerprint density at radius 1 is 1.47 bits per heavy atom. The third-order valence-corrected chi connectivity index (χ3v) is 2.92. The molecule has 0 saturated carbocycles. The van der Waals surface area contributed by atoms with Gasteiger partial charge in [0.15, 0.2) is 0 Å². The zero-order valence-electron chi connectivity index (χ0n) is 7.60. The molecule has 0 fully saturated rings. The number of nitro groups is 1. The maximum Gasteiger partial charge on any atom is 0.290 e. The largest absolute Gasteiger partial charge is 0.290 e. The first-order valence-corrected chi connectivity index (χ1v) is 5.63. The summed E-state index contributed by atoms with van der Waals surface area (Å²) in [7, 11) is -3.90. The number of aryl methyl sites for hydroxylation is 1. The van der Waals surface area contributed by atoms with Crippen LogP contribution in [-0.4, -0.2) is 13.3 Å². The third-order valence-electron chi connectivity index (χ3n) is 1.74. The molecule has 1 aromatic carbocycles. The minimum absolute atomic E-state index is 0.150. The molecule has 0 bridgehead atoms. The van der Waals surface area contributed by atoms with E-state index < -0.39 is 14.9 Å². The number of nitro benzene ring substituents is 1. The normalized spacial score (nSPS) is 11.4. The predicted molar refractivity (Wildman–Crippen MR) is 54.2 cm³/mol. The van der Waals surface area contributed by atoms with Crippen LogP contribution in [0.5, 0.6) is 0 Å². The first kappa shape index (κ1) is 11.9. The van der Waals surface area contributed by atoms with Crippen LogP contribution < -0.4 is 5.14 Å². The van der Waals surface area contributed by atoms with E-state index in [0.29, 0.717) is 0 Å². The van der Waals surface area contributed by atoms with E-state index in [1.54, 1.807) is 0 Å². The van der Waals surface area contributed by atoms with Gasteiger partial charge in [0.2, 0.25) is 10.0 Å². The molecule has 6 nitrogen and oxygen atoms in total. The van der Waals surface area contributed by atoms with Crippen LogP contribution in [0.15, 0.2) is 17.0 Å². The Kier molecular flexibility index (Phi) is 2.98. The Balaban J connectivity index is 3.52. The van der Waals surface area contributed by atoms with E-state index in [-0.39, 0.29) is 21.2 Å². The Labute approximate surface area is 90.9 Å². The van der Waals surface area contributed by atoms with Gasteiger partial charge in [-0.15, -0.1) is 0 Å². The molecule has 15 heavy (non-hydrogen) atoms. The van der Waals surface area contributed by atoms with Gasteiger partial charge in [-0.25, -0.2) is 13.6 Å². The van der Waals surface area contributed by atoms with Crippen molar-refractivity contribution in [2.75, 3.05) is 0 Å². The summed E-state index contributed by atoms with van der Waals surface area (Å²) in [5.41, 5.74) is -0.166. The summed E-state index contributed by atoms with van der Waals surface area (Å²) in [6.07, 6.45) is 0. The van der Waals surface area contributed by atoms with Gasteiger partial charge in [-0.1, -0.05) is 11.6 Å². The summed E-state index contributed by atoms with van der Waals surface area (Å²) >= 11 is 5.57. The second-order valence-electron chi connectivity index (χ2n) is 2.87. The van der Waals surface area contributed by atoms with Gasteiger partial charge in [0.05, 0.1) is 9.82 Å². The number of nitrogens with zero attached hydrogens (tertiary/aromatic N) is 1. The van der Waals surface area contributed by atoms with Gasteiger partial charge in [0.25, 0.3) is 5.69 Å². The zero-order valence-corrected chi connectivity index (χ0v) is 9.17. The van der Waals surface area contributed by atoms with Crippen LogP contribution in [0.3, 0.4) is 0 Å². The van der Waals surface area contributed by atoms with Crippen LogP contribution in [0.25, 0.3) is 0 Å². The van der Waals surface area contributed by atoms with Gasteiger partial charge in [0.1, 0.15) is 5.02 Å². The van der Waals surface area contributed by atoms with Crippen molar-refractivity contribution in [2.45, 2.75) is 11.8 Å². The number of halogens is 1. The Hall–Kier alpha value is -1.18. The van der Waals surface area contributed by atoms with Crippen molar-refractivity contribution in [3.8, 4) is 0 Å². The molecule has 0 aliphatic heterocycles. The van der Waals surface area contributed by atoms with Crippen molar-refractivity contribution < 1.29 is 13.3 Å². The Bertz CT molecular complexity index is 503. The average molecular weight is 251 g/mol. The van der Waals surface area contributed by atoms with Crippen molar-refractivity contribution >= 4 is 27.3 Å². The van der Waals surface area contributed by atoms with Gasteiger partial charge in [-0.2, -0.15) is 0 Å². The minimum atomic E-state index is -3.90. The zero-order chi connectivity index (χ0) is 11.8. The van der Waals surface area contributed by atoms with Gasteiger partial charge in [-0.3, -0.25) is 10.1 Å². The van der Waals surface area contributed by atoms with E-state index in [1.165, 1.54) is 6.92 Å². The van der Waals surface area contributed by atoms with Crippen molar-refractivity contribution in [3.05, 3.63) is 32.8 Å². The van der Waals surface area contributed by atoms with Crippen molar-refractivity contribution in [1.82, 2.24) is 0 Å². The van der Waals surface area contributed by atoms with E-state index >= 15 is 0 Å². The Morgan fingerprint density at radius 2 is 2.00 bits per heavy atom. The number of hydrogen-bond donors (Lipinski definition) is 1. The summed E-state index contributed by atoms with van der Waals surface area (Å²) < 4.78 is 21.9. The standard InChI is InChI=1S/C7H7ClN2O4S/c1-4-2-5(15(9,13)14)3-6(8)7(4)10(11)12/h2-3H,1H3,(H2,9,13,14). The molecule has 1 rings (SSSR count). The van der Waals surface area contributed by atoms with Crippen LogP contribution in [0, 0.1) is 17.0 Å². The SMILES string of the molecule is Cc1cc(S(N)(=O)=O)cc(Cl)c1[N+](=O)[O-]. The van der Waals surface area contributed by atoms with Crippen LogP contribution in [0.1, 0.15) is 5.56 Å². The highest BCUT2D eigenvalue weighted by Crippen LogP contribution is 2.30. The lowest BCUT2D eigenvalue weighted by Gasteiger charge is -2.03. The van der Waals surface area contributed by atoms with Crippen molar-refractivity contribution in [1.29, 1.82) is 0 Å². The maximum atomic E-state index is 11.0. The van der Waals surface area contributed by atoms with E-state index in [2.05, 4.69) is 0 Å². The topological polar surface area (TPSA) is 103 Å². The fraction of sp³-hybridized carbons (Fsp3) is 0.143. The highest BCUT2D eigenvalue weighted by Gasteiger charge is 2.20. The maximum absolute atomic E-state index is 11.0. The molecule has 8 heteroatoms. The van der Waals surface area contributed by atoms with E-state index in [0.717, 1.165) is 12.1 Å². The smallest absolute Gasteiger partial charge is 0.258 e. The summed E-state index contributed by atoms with van der Waals surface area (Å²) in [6, 6.07) is 2.07. The second kappa shape index (κ2) is 3.76. The fourth-order valence-corrected chi connectivity index (χ4v) is 2.12. The lowest BCUT2D eigenvalue weighted by atomic mass is 10.2. The number of hydrogen-bond acceptors (Lipinski definition) is 4. The summed E-state index contributed by atoms with van der Waals surface area (Å²) in [4.78, 5) is 9.63. The van der Waals surface area contributed by atoms with Crippen LogP contribution >= 0.6 is 11.6 Å². The van der Waals surface area contributed by atoms with Crippen molar-refractivity contribution in [2.24, 2.45) is 5.14 Å². The molecule has 0 aromatic heterocycles. The summed E-state index contributed by atoms with van der Waals surface area (Å²) in [5, 5.41) is 15.2. The first-order chi connectivity index (χ1) is 6.73. The molecule has 0 atom stereocenters. The molecule has 0 spiro atoms. The fourth-order valence-electron chi connectivity index (χ4n) is 1.10. The molecule has 0 aliphatic carbocycles. The molecule has 82 valence electrons. The number of rotatable bonds is 2. The van der Waals surface area contributed by atoms with Crippen LogP contribution in [-0.2, 0) is 10.0 Å². The predicted octanol–water partition coefficient (Wildman–Crippen LogP) is 1.20. The third kappa shape index (κ3) is 2.44. The van der Waals surface area contributed by atoms with Crippen molar-refractivity contribution in [3.63, 3.8) is 0 Å². The van der Waals surface area contributed by atoms with Gasteiger partial charge in [-0.05, 0) is 19.1 Å². The van der Waals surface area contributed by atoms with E-state index in [1.807, 2.05) is 0 Å². The van der Waals surface area contributed by atoms with Crippen LogP contribution in [0.2, 0.25) is 5.02 Å². The highest BCUT2D eigenvalue weighted by molar-refractivity contribution is 7.89.